The summed E-state index contributed by atoms with van der Waals surface area (Å²) in [6, 6.07) is 4.45. The van der Waals surface area contributed by atoms with Crippen molar-refractivity contribution in [3.8, 4) is 5.75 Å². The maximum atomic E-state index is 6.06. The van der Waals surface area contributed by atoms with E-state index in [1.165, 1.54) is 11.1 Å². The van der Waals surface area contributed by atoms with Crippen LogP contribution in [0.2, 0.25) is 5.02 Å². The number of hydrogen-bond acceptors (Lipinski definition) is 2. The molecule has 1 heterocycles. The summed E-state index contributed by atoms with van der Waals surface area (Å²) in [5.41, 5.74) is 2.64. The Hall–Kier alpha value is -0.730. The van der Waals surface area contributed by atoms with Gasteiger partial charge in [0.15, 0.2) is 0 Å². The van der Waals surface area contributed by atoms with Gasteiger partial charge in [-0.2, -0.15) is 0 Å². The van der Waals surface area contributed by atoms with Crippen LogP contribution in [0.25, 0.3) is 0 Å². The number of ether oxygens (including phenoxy) is 1. The molecule has 1 aromatic rings. The first-order valence-electron chi connectivity index (χ1n) is 4.82. The third-order valence-electron chi connectivity index (χ3n) is 2.73. The number of hydrogen-bond donors (Lipinski definition) is 1. The van der Waals surface area contributed by atoms with E-state index in [2.05, 4.69) is 12.2 Å². The van der Waals surface area contributed by atoms with Gasteiger partial charge in [-0.15, -0.1) is 0 Å². The van der Waals surface area contributed by atoms with E-state index >= 15 is 0 Å². The lowest BCUT2D eigenvalue weighted by atomic mass is 9.95. The van der Waals surface area contributed by atoms with Gasteiger partial charge in [-0.1, -0.05) is 11.6 Å². The lowest BCUT2D eigenvalue weighted by Gasteiger charge is -2.24. The normalized spacial score (nSPS) is 20.4. The smallest absolute Gasteiger partial charge is 0.137 e. The van der Waals surface area contributed by atoms with E-state index in [4.69, 9.17) is 16.3 Å². The van der Waals surface area contributed by atoms with Crippen molar-refractivity contribution in [2.45, 2.75) is 19.4 Å². The van der Waals surface area contributed by atoms with E-state index in [1.54, 1.807) is 7.11 Å². The van der Waals surface area contributed by atoms with Gasteiger partial charge in [0, 0.05) is 6.04 Å². The standard InChI is InChI=1S/C11H14ClNO/c1-7-9-6-11(14-2)10(12)5-8(9)3-4-13-7/h5-7,13H,3-4H2,1-2H3. The number of methoxy groups -OCH3 is 1. The topological polar surface area (TPSA) is 21.3 Å². The zero-order valence-electron chi connectivity index (χ0n) is 8.43. The molecule has 0 amide bonds. The Morgan fingerprint density at radius 1 is 1.50 bits per heavy atom. The van der Waals surface area contributed by atoms with Crippen molar-refractivity contribution < 1.29 is 4.74 Å². The zero-order chi connectivity index (χ0) is 10.1. The minimum atomic E-state index is 0.393. The van der Waals surface area contributed by atoms with Crippen LogP contribution in [-0.4, -0.2) is 13.7 Å². The van der Waals surface area contributed by atoms with E-state index < -0.39 is 0 Å². The maximum absolute atomic E-state index is 6.06. The molecule has 0 fully saturated rings. The SMILES string of the molecule is COc1cc2c(cc1Cl)CCNC2C. The van der Waals surface area contributed by atoms with E-state index in [1.807, 2.05) is 12.1 Å². The van der Waals surface area contributed by atoms with Gasteiger partial charge in [-0.3, -0.25) is 0 Å². The molecule has 2 rings (SSSR count). The number of fused-ring (bicyclic) bond motifs is 1. The molecule has 0 saturated carbocycles. The first-order chi connectivity index (χ1) is 6.72. The Labute approximate surface area is 89.2 Å². The highest BCUT2D eigenvalue weighted by atomic mass is 35.5. The zero-order valence-corrected chi connectivity index (χ0v) is 9.19. The second kappa shape index (κ2) is 3.79. The third kappa shape index (κ3) is 1.60. The second-order valence-electron chi connectivity index (χ2n) is 3.61. The maximum Gasteiger partial charge on any atom is 0.137 e. The van der Waals surface area contributed by atoms with Gasteiger partial charge >= 0.3 is 0 Å². The second-order valence-corrected chi connectivity index (χ2v) is 4.02. The molecule has 0 spiro atoms. The summed E-state index contributed by atoms with van der Waals surface area (Å²) in [6.45, 7) is 3.18. The molecular formula is C11H14ClNO. The van der Waals surface area contributed by atoms with Gasteiger partial charge < -0.3 is 10.1 Å². The molecule has 2 nitrogen and oxygen atoms in total. The van der Waals surface area contributed by atoms with Crippen molar-refractivity contribution in [3.63, 3.8) is 0 Å². The molecule has 0 aliphatic carbocycles. The molecule has 0 radical (unpaired) electrons. The Kier molecular flexibility index (Phi) is 2.66. The molecule has 1 aliphatic rings. The molecule has 1 N–H and O–H groups in total. The van der Waals surface area contributed by atoms with Crippen LogP contribution in [0.4, 0.5) is 0 Å². The Morgan fingerprint density at radius 2 is 2.29 bits per heavy atom. The van der Waals surface area contributed by atoms with Crippen molar-refractivity contribution in [1.82, 2.24) is 5.32 Å². The summed E-state index contributed by atoms with van der Waals surface area (Å²) in [4.78, 5) is 0. The van der Waals surface area contributed by atoms with Crippen LogP contribution in [0.15, 0.2) is 12.1 Å². The lowest BCUT2D eigenvalue weighted by molar-refractivity contribution is 0.412. The largest absolute Gasteiger partial charge is 0.495 e. The fraction of sp³-hybridized carbons (Fsp3) is 0.455. The molecule has 14 heavy (non-hydrogen) atoms. The van der Waals surface area contributed by atoms with Gasteiger partial charge in [0.2, 0.25) is 0 Å². The minimum Gasteiger partial charge on any atom is -0.495 e. The number of nitrogens with one attached hydrogen (secondary N) is 1. The molecule has 76 valence electrons. The molecule has 1 unspecified atom stereocenters. The van der Waals surface area contributed by atoms with Crippen molar-refractivity contribution >= 4 is 11.6 Å². The van der Waals surface area contributed by atoms with Crippen molar-refractivity contribution in [2.75, 3.05) is 13.7 Å². The summed E-state index contributed by atoms with van der Waals surface area (Å²) in [6.07, 6.45) is 1.05. The number of benzene rings is 1. The predicted molar refractivity (Wildman–Crippen MR) is 58.1 cm³/mol. The summed E-state index contributed by atoms with van der Waals surface area (Å²) < 4.78 is 5.20. The van der Waals surface area contributed by atoms with Gasteiger partial charge in [0.25, 0.3) is 0 Å². The van der Waals surface area contributed by atoms with Gasteiger partial charge in [-0.05, 0) is 43.1 Å². The fourth-order valence-electron chi connectivity index (χ4n) is 1.92. The molecule has 3 heteroatoms. The molecule has 0 aromatic heterocycles. The first kappa shape index (κ1) is 9.81. The summed E-state index contributed by atoms with van der Waals surface area (Å²) >= 11 is 6.06. The van der Waals surface area contributed by atoms with Crippen molar-refractivity contribution in [2.24, 2.45) is 0 Å². The highest BCUT2D eigenvalue weighted by molar-refractivity contribution is 6.32. The molecule has 0 bridgehead atoms. The van der Waals surface area contributed by atoms with Crippen LogP contribution >= 0.6 is 11.6 Å². The highest BCUT2D eigenvalue weighted by Crippen LogP contribution is 2.32. The van der Waals surface area contributed by atoms with Gasteiger partial charge in [-0.25, -0.2) is 0 Å². The Balaban J connectivity index is 2.49. The average Bonchev–Trinajstić information content (AvgIpc) is 2.17. The Bertz CT molecular complexity index is 351. The quantitative estimate of drug-likeness (QED) is 0.771. The van der Waals surface area contributed by atoms with Crippen LogP contribution in [0.3, 0.4) is 0 Å². The summed E-state index contributed by atoms with van der Waals surface area (Å²) in [7, 11) is 1.65. The monoisotopic (exact) mass is 211 g/mol. The van der Waals surface area contributed by atoms with Crippen molar-refractivity contribution in [1.29, 1.82) is 0 Å². The highest BCUT2D eigenvalue weighted by Gasteiger charge is 2.17. The van der Waals surface area contributed by atoms with Crippen LogP contribution in [0.1, 0.15) is 24.1 Å². The van der Waals surface area contributed by atoms with Crippen LogP contribution < -0.4 is 10.1 Å². The van der Waals surface area contributed by atoms with E-state index in [0.717, 1.165) is 18.7 Å². The number of halogens is 1. The summed E-state index contributed by atoms with van der Waals surface area (Å²) in [5, 5.41) is 4.12. The Morgan fingerprint density at radius 3 is 3.00 bits per heavy atom. The fourth-order valence-corrected chi connectivity index (χ4v) is 2.18. The van der Waals surface area contributed by atoms with Gasteiger partial charge in [0.05, 0.1) is 12.1 Å². The molecule has 1 atom stereocenters. The van der Waals surface area contributed by atoms with Crippen LogP contribution in [0.5, 0.6) is 5.75 Å². The molecular weight excluding hydrogens is 198 g/mol. The number of rotatable bonds is 1. The first-order valence-corrected chi connectivity index (χ1v) is 5.20. The third-order valence-corrected chi connectivity index (χ3v) is 3.02. The van der Waals surface area contributed by atoms with Crippen LogP contribution in [0, 0.1) is 0 Å². The van der Waals surface area contributed by atoms with Gasteiger partial charge in [0.1, 0.15) is 5.75 Å². The summed E-state index contributed by atoms with van der Waals surface area (Å²) in [5.74, 6) is 0.765. The van der Waals surface area contributed by atoms with Crippen LogP contribution in [-0.2, 0) is 6.42 Å². The lowest BCUT2D eigenvalue weighted by Crippen LogP contribution is -2.27. The molecule has 1 aliphatic heterocycles. The average molecular weight is 212 g/mol. The van der Waals surface area contributed by atoms with E-state index in [-0.39, 0.29) is 0 Å². The van der Waals surface area contributed by atoms with E-state index in [0.29, 0.717) is 11.1 Å². The predicted octanol–water partition coefficient (Wildman–Crippen LogP) is 2.56. The minimum absolute atomic E-state index is 0.393. The molecule has 0 saturated heterocycles. The molecule has 1 aromatic carbocycles. The van der Waals surface area contributed by atoms with Crippen molar-refractivity contribution in [3.05, 3.63) is 28.3 Å². The van der Waals surface area contributed by atoms with E-state index in [9.17, 15) is 0 Å².